The molecule has 1 atom stereocenters. The fourth-order valence-electron chi connectivity index (χ4n) is 2.59. The molecule has 2 aromatic rings. The molecule has 3 rings (SSSR count). The number of amides is 2. The maximum atomic E-state index is 13.1. The van der Waals surface area contributed by atoms with E-state index in [1.807, 2.05) is 0 Å². The second-order valence-electron chi connectivity index (χ2n) is 5.79. The Morgan fingerprint density at radius 3 is 3.00 bits per heavy atom. The Bertz CT molecular complexity index is 740. The second kappa shape index (κ2) is 7.31. The summed E-state index contributed by atoms with van der Waals surface area (Å²) in [6, 6.07) is 3.49. The minimum absolute atomic E-state index is 0.0507. The third kappa shape index (κ3) is 4.12. The monoisotopic (exact) mass is 369 g/mol. The summed E-state index contributed by atoms with van der Waals surface area (Å²) in [5, 5.41) is 14.5. The Hall–Kier alpha value is -1.93. The van der Waals surface area contributed by atoms with Gasteiger partial charge in [-0.3, -0.25) is 5.32 Å². The number of rotatable bonds is 3. The van der Waals surface area contributed by atoms with Crippen LogP contribution in [-0.4, -0.2) is 29.3 Å². The molecule has 1 saturated heterocycles. The minimum Gasteiger partial charge on any atom is -0.346 e. The van der Waals surface area contributed by atoms with Crippen LogP contribution in [0.4, 0.5) is 25.1 Å². The number of hydrogen-bond donors (Lipinski definition) is 2. The van der Waals surface area contributed by atoms with Crippen LogP contribution in [0.25, 0.3) is 0 Å². The van der Waals surface area contributed by atoms with Gasteiger partial charge in [0.25, 0.3) is 0 Å². The van der Waals surface area contributed by atoms with E-state index in [0.717, 1.165) is 24.6 Å². The van der Waals surface area contributed by atoms with E-state index in [1.54, 1.807) is 0 Å². The normalized spacial score (nSPS) is 17.6. The molecule has 1 fully saturated rings. The Balaban J connectivity index is 1.59. The summed E-state index contributed by atoms with van der Waals surface area (Å²) >= 11 is 7.02. The lowest BCUT2D eigenvalue weighted by atomic mass is 10.0. The van der Waals surface area contributed by atoms with Gasteiger partial charge in [0, 0.05) is 18.8 Å². The number of halogens is 2. The van der Waals surface area contributed by atoms with Crippen LogP contribution in [0.3, 0.4) is 0 Å². The van der Waals surface area contributed by atoms with Crippen molar-refractivity contribution in [2.75, 3.05) is 28.6 Å². The summed E-state index contributed by atoms with van der Waals surface area (Å²) in [6.45, 7) is 4.13. The molecule has 2 N–H and O–H groups in total. The molecule has 1 unspecified atom stereocenters. The lowest BCUT2D eigenvalue weighted by molar-refractivity contribution is 0.262. The zero-order chi connectivity index (χ0) is 17.1. The first-order chi connectivity index (χ1) is 11.5. The number of carbonyl (C=O) groups is 1. The first-order valence-electron chi connectivity index (χ1n) is 7.63. The SMILES string of the molecule is CC1CCCN(c2nnc(NC(=O)Nc3ccc(F)c(Cl)c3)s2)C1. The van der Waals surface area contributed by atoms with Gasteiger partial charge in [0.2, 0.25) is 10.3 Å². The van der Waals surface area contributed by atoms with Crippen molar-refractivity contribution in [1.29, 1.82) is 0 Å². The average molecular weight is 370 g/mol. The average Bonchev–Trinajstić information content (AvgIpc) is 2.99. The van der Waals surface area contributed by atoms with Gasteiger partial charge in [-0.05, 0) is 37.0 Å². The lowest BCUT2D eigenvalue weighted by Gasteiger charge is -2.29. The first-order valence-corrected chi connectivity index (χ1v) is 8.82. The summed E-state index contributed by atoms with van der Waals surface area (Å²) < 4.78 is 13.1. The predicted octanol–water partition coefficient (Wildman–Crippen LogP) is 4.21. The number of benzene rings is 1. The van der Waals surface area contributed by atoms with Crippen molar-refractivity contribution in [1.82, 2.24) is 10.2 Å². The van der Waals surface area contributed by atoms with Crippen LogP contribution in [-0.2, 0) is 0 Å². The van der Waals surface area contributed by atoms with E-state index in [9.17, 15) is 9.18 Å². The topological polar surface area (TPSA) is 70.2 Å². The quantitative estimate of drug-likeness (QED) is 0.850. The van der Waals surface area contributed by atoms with E-state index in [1.165, 1.54) is 36.0 Å². The largest absolute Gasteiger partial charge is 0.346 e. The number of nitrogens with one attached hydrogen (secondary N) is 2. The number of nitrogens with zero attached hydrogens (tertiary/aromatic N) is 3. The van der Waals surface area contributed by atoms with E-state index in [4.69, 9.17) is 11.6 Å². The molecular weight excluding hydrogens is 353 g/mol. The number of urea groups is 1. The molecule has 9 heteroatoms. The summed E-state index contributed by atoms with van der Waals surface area (Å²) in [5.41, 5.74) is 0.397. The van der Waals surface area contributed by atoms with Gasteiger partial charge in [-0.2, -0.15) is 0 Å². The highest BCUT2D eigenvalue weighted by molar-refractivity contribution is 7.19. The first kappa shape index (κ1) is 16.9. The van der Waals surface area contributed by atoms with Crippen molar-refractivity contribution in [2.24, 2.45) is 5.92 Å². The molecule has 0 aliphatic carbocycles. The fraction of sp³-hybridized carbons (Fsp3) is 0.400. The van der Waals surface area contributed by atoms with Gasteiger partial charge >= 0.3 is 6.03 Å². The molecule has 128 valence electrons. The van der Waals surface area contributed by atoms with Gasteiger partial charge in [-0.1, -0.05) is 29.9 Å². The van der Waals surface area contributed by atoms with Crippen LogP contribution in [0.15, 0.2) is 18.2 Å². The Kier molecular flexibility index (Phi) is 5.15. The lowest BCUT2D eigenvalue weighted by Crippen LogP contribution is -2.34. The maximum absolute atomic E-state index is 13.1. The van der Waals surface area contributed by atoms with Crippen molar-refractivity contribution in [2.45, 2.75) is 19.8 Å². The van der Waals surface area contributed by atoms with Crippen molar-refractivity contribution in [3.05, 3.63) is 29.0 Å². The molecule has 1 aromatic heterocycles. The van der Waals surface area contributed by atoms with Gasteiger partial charge in [0.1, 0.15) is 5.82 Å². The van der Waals surface area contributed by atoms with Crippen LogP contribution in [0.5, 0.6) is 0 Å². The smallest absolute Gasteiger partial charge is 0.325 e. The molecule has 0 radical (unpaired) electrons. The van der Waals surface area contributed by atoms with Crippen molar-refractivity contribution >= 4 is 44.9 Å². The number of anilines is 3. The van der Waals surface area contributed by atoms with Crippen LogP contribution in [0.1, 0.15) is 19.8 Å². The molecular formula is C15H17ClFN5OS. The van der Waals surface area contributed by atoms with Gasteiger partial charge < -0.3 is 10.2 Å². The van der Waals surface area contributed by atoms with Crippen LogP contribution in [0, 0.1) is 11.7 Å². The predicted molar refractivity (Wildman–Crippen MR) is 94.6 cm³/mol. The summed E-state index contributed by atoms with van der Waals surface area (Å²) in [6.07, 6.45) is 2.36. The van der Waals surface area contributed by atoms with Crippen molar-refractivity contribution < 1.29 is 9.18 Å². The molecule has 0 saturated carbocycles. The Labute approximate surface area is 148 Å². The standard InChI is InChI=1S/C15H17ClFN5OS/c1-9-3-2-6-22(8-9)15-21-20-14(24-15)19-13(23)18-10-4-5-12(17)11(16)7-10/h4-5,7,9H,2-3,6,8H2,1H3,(H2,18,19,20,23). The van der Waals surface area contributed by atoms with E-state index in [-0.39, 0.29) is 5.02 Å². The van der Waals surface area contributed by atoms with Crippen molar-refractivity contribution in [3.8, 4) is 0 Å². The molecule has 2 amide bonds. The number of aromatic nitrogens is 2. The highest BCUT2D eigenvalue weighted by atomic mass is 35.5. The number of piperidine rings is 1. The summed E-state index contributed by atoms with van der Waals surface area (Å²) in [7, 11) is 0. The molecule has 1 aliphatic rings. The molecule has 2 heterocycles. The third-order valence-electron chi connectivity index (χ3n) is 3.74. The molecule has 1 aromatic carbocycles. The minimum atomic E-state index is -0.535. The zero-order valence-corrected chi connectivity index (χ0v) is 14.6. The van der Waals surface area contributed by atoms with E-state index >= 15 is 0 Å². The molecule has 0 bridgehead atoms. The number of hydrogen-bond acceptors (Lipinski definition) is 5. The molecule has 0 spiro atoms. The summed E-state index contributed by atoms with van der Waals surface area (Å²) in [5.74, 6) is 0.0951. The Morgan fingerprint density at radius 2 is 2.25 bits per heavy atom. The van der Waals surface area contributed by atoms with E-state index in [0.29, 0.717) is 16.7 Å². The van der Waals surface area contributed by atoms with Crippen LogP contribution < -0.4 is 15.5 Å². The van der Waals surface area contributed by atoms with Gasteiger partial charge in [0.15, 0.2) is 0 Å². The van der Waals surface area contributed by atoms with E-state index in [2.05, 4.69) is 32.7 Å². The maximum Gasteiger partial charge on any atom is 0.325 e. The fourth-order valence-corrected chi connectivity index (χ4v) is 3.55. The highest BCUT2D eigenvalue weighted by Crippen LogP contribution is 2.28. The van der Waals surface area contributed by atoms with Gasteiger partial charge in [-0.25, -0.2) is 9.18 Å². The Morgan fingerprint density at radius 1 is 1.42 bits per heavy atom. The zero-order valence-electron chi connectivity index (χ0n) is 13.1. The second-order valence-corrected chi connectivity index (χ2v) is 7.15. The molecule has 1 aliphatic heterocycles. The van der Waals surface area contributed by atoms with E-state index < -0.39 is 11.8 Å². The van der Waals surface area contributed by atoms with Crippen molar-refractivity contribution in [3.63, 3.8) is 0 Å². The molecule has 6 nitrogen and oxygen atoms in total. The number of carbonyl (C=O) groups excluding carboxylic acids is 1. The van der Waals surface area contributed by atoms with Crippen LogP contribution >= 0.6 is 22.9 Å². The highest BCUT2D eigenvalue weighted by Gasteiger charge is 2.20. The third-order valence-corrected chi connectivity index (χ3v) is 4.93. The van der Waals surface area contributed by atoms with Gasteiger partial charge in [0.05, 0.1) is 5.02 Å². The summed E-state index contributed by atoms with van der Waals surface area (Å²) in [4.78, 5) is 14.2. The van der Waals surface area contributed by atoms with Gasteiger partial charge in [-0.15, -0.1) is 10.2 Å². The molecule has 24 heavy (non-hydrogen) atoms. The van der Waals surface area contributed by atoms with Crippen LogP contribution in [0.2, 0.25) is 5.02 Å².